The number of hydrogen-bond donors (Lipinski definition) is 3. The molecule has 1 aliphatic heterocycles. The van der Waals surface area contributed by atoms with Crippen LogP contribution >= 0.6 is 19.1 Å². The fourth-order valence-electron chi connectivity index (χ4n) is 3.13. The summed E-state index contributed by atoms with van der Waals surface area (Å²) in [5.41, 5.74) is 9.46. The number of carbonyl (C=O) groups is 1. The molecule has 9 heteroatoms. The average molecular weight is 457 g/mol. The van der Waals surface area contributed by atoms with Gasteiger partial charge in [0.1, 0.15) is 0 Å². The highest BCUT2D eigenvalue weighted by molar-refractivity contribution is 7.51. The third kappa shape index (κ3) is 5.06. The van der Waals surface area contributed by atoms with Gasteiger partial charge >= 0.3 is 7.75 Å². The van der Waals surface area contributed by atoms with Gasteiger partial charge in [-0.25, -0.2) is 9.65 Å². The number of amides is 1. The van der Waals surface area contributed by atoms with Crippen molar-refractivity contribution in [3.8, 4) is 10.4 Å². The monoisotopic (exact) mass is 457 g/mol. The Morgan fingerprint density at radius 1 is 1.10 bits per heavy atom. The van der Waals surface area contributed by atoms with Crippen LogP contribution in [-0.2, 0) is 20.2 Å². The lowest BCUT2D eigenvalue weighted by Gasteiger charge is -2.12. The first kappa shape index (κ1) is 21.7. The molecule has 1 aromatic heterocycles. The number of carbonyl (C=O) groups excluding carboxylic acids is 1. The van der Waals surface area contributed by atoms with E-state index in [1.165, 1.54) is 0 Å². The normalized spacial score (nSPS) is 19.9. The Morgan fingerprint density at radius 2 is 1.81 bits per heavy atom. The second kappa shape index (κ2) is 8.94. The first-order valence-corrected chi connectivity index (χ1v) is 12.3. The number of nitrogen functional groups attached to an aromatic ring is 1. The van der Waals surface area contributed by atoms with E-state index in [9.17, 15) is 9.36 Å². The number of rotatable bonds is 6. The minimum Gasteiger partial charge on any atom is -0.397 e. The second-order valence-corrected chi connectivity index (χ2v) is 10.1. The lowest BCUT2D eigenvalue weighted by Crippen LogP contribution is -2.14. The van der Waals surface area contributed by atoms with Crippen LogP contribution in [0.2, 0.25) is 0 Å². The molecule has 1 saturated heterocycles. The molecule has 0 aliphatic carbocycles. The highest BCUT2D eigenvalue weighted by atomic mass is 32.1. The number of thiophene rings is 1. The summed E-state index contributed by atoms with van der Waals surface area (Å²) in [7, 11) is -3.30. The topological polar surface area (TPSA) is 103 Å². The van der Waals surface area contributed by atoms with E-state index in [1.54, 1.807) is 41.7 Å². The van der Waals surface area contributed by atoms with Gasteiger partial charge < -0.3 is 11.1 Å². The molecular weight excluding hydrogens is 433 g/mol. The van der Waals surface area contributed by atoms with Gasteiger partial charge in [-0.1, -0.05) is 24.3 Å². The van der Waals surface area contributed by atoms with Crippen molar-refractivity contribution < 1.29 is 18.4 Å². The molecule has 0 saturated carbocycles. The Labute approximate surface area is 185 Å². The summed E-state index contributed by atoms with van der Waals surface area (Å²) in [4.78, 5) is 13.8. The molecule has 2 atom stereocenters. The summed E-state index contributed by atoms with van der Waals surface area (Å²) in [5.74, 6) is -0.257. The maximum Gasteiger partial charge on any atom is 0.406 e. The molecular formula is C22H24N3O4PS. The molecule has 4 rings (SSSR count). The van der Waals surface area contributed by atoms with Gasteiger partial charge in [-0.3, -0.25) is 13.8 Å². The predicted octanol–water partition coefficient (Wildman–Crippen LogP) is 5.27. The van der Waals surface area contributed by atoms with E-state index < -0.39 is 7.75 Å². The number of benzene rings is 2. The summed E-state index contributed by atoms with van der Waals surface area (Å²) in [6, 6.07) is 16.6. The quantitative estimate of drug-likeness (QED) is 0.344. The standard InChI is InChI=1S/C22H24N3O4PS/c1-14-15(2)29-30(27,28-14)24-13-16-5-7-17(8-6-16)22(26)25-20-12-18(9-10-19(20)23)21-4-3-11-31-21/h3-12,14-15H,13,23H2,1-2H3,(H,24,27)(H,25,26)/t14-,15-/m1/s1. The first-order chi connectivity index (χ1) is 14.8. The molecule has 3 aromatic rings. The SMILES string of the molecule is C[C@H]1OP(=O)(NCc2ccc(C(=O)Nc3cc(-c4cccs4)ccc3N)cc2)O[C@@H]1C. The van der Waals surface area contributed by atoms with Gasteiger partial charge in [0.25, 0.3) is 5.91 Å². The minimum atomic E-state index is -3.30. The van der Waals surface area contributed by atoms with Gasteiger partial charge in [0.15, 0.2) is 0 Å². The van der Waals surface area contributed by atoms with E-state index >= 15 is 0 Å². The van der Waals surface area contributed by atoms with Crippen molar-refractivity contribution in [3.63, 3.8) is 0 Å². The summed E-state index contributed by atoms with van der Waals surface area (Å²) in [5, 5.41) is 7.73. The van der Waals surface area contributed by atoms with Crippen LogP contribution < -0.4 is 16.1 Å². The minimum absolute atomic E-state index is 0.227. The van der Waals surface area contributed by atoms with Crippen molar-refractivity contribution in [2.24, 2.45) is 0 Å². The van der Waals surface area contributed by atoms with Gasteiger partial charge in [-0.2, -0.15) is 0 Å². The third-order valence-electron chi connectivity index (χ3n) is 5.07. The summed E-state index contributed by atoms with van der Waals surface area (Å²) < 4.78 is 23.3. The van der Waals surface area contributed by atoms with Crippen LogP contribution in [0, 0.1) is 0 Å². The number of anilines is 2. The highest BCUT2D eigenvalue weighted by Crippen LogP contribution is 2.52. The smallest absolute Gasteiger partial charge is 0.397 e. The molecule has 1 fully saturated rings. The van der Waals surface area contributed by atoms with Gasteiger partial charge in [0.2, 0.25) is 0 Å². The van der Waals surface area contributed by atoms with Crippen LogP contribution in [0.15, 0.2) is 60.0 Å². The number of nitrogens with two attached hydrogens (primary N) is 1. The molecule has 0 unspecified atom stereocenters. The Kier molecular flexibility index (Phi) is 6.27. The van der Waals surface area contributed by atoms with Crippen molar-refractivity contribution in [3.05, 3.63) is 71.1 Å². The van der Waals surface area contributed by atoms with Crippen molar-refractivity contribution in [1.29, 1.82) is 0 Å². The lowest BCUT2D eigenvalue weighted by atomic mass is 10.1. The van der Waals surface area contributed by atoms with Crippen LogP contribution in [0.3, 0.4) is 0 Å². The zero-order valence-corrected chi connectivity index (χ0v) is 18.9. The van der Waals surface area contributed by atoms with E-state index in [0.29, 0.717) is 23.5 Å². The number of hydrogen-bond acceptors (Lipinski definition) is 6. The molecule has 7 nitrogen and oxygen atoms in total. The van der Waals surface area contributed by atoms with Crippen LogP contribution in [-0.4, -0.2) is 18.1 Å². The molecule has 1 amide bonds. The fraction of sp³-hybridized carbons (Fsp3) is 0.227. The van der Waals surface area contributed by atoms with Crippen LogP contribution in [0.5, 0.6) is 0 Å². The van der Waals surface area contributed by atoms with Crippen molar-refractivity contribution in [2.75, 3.05) is 11.1 Å². The van der Waals surface area contributed by atoms with Gasteiger partial charge in [0, 0.05) is 17.0 Å². The molecule has 2 heterocycles. The first-order valence-electron chi connectivity index (χ1n) is 9.89. The molecule has 1 aliphatic rings. The van der Waals surface area contributed by atoms with Gasteiger partial charge in [0.05, 0.1) is 23.6 Å². The van der Waals surface area contributed by atoms with E-state index in [-0.39, 0.29) is 18.1 Å². The molecule has 0 bridgehead atoms. The highest BCUT2D eigenvalue weighted by Gasteiger charge is 2.39. The molecule has 162 valence electrons. The molecule has 2 aromatic carbocycles. The van der Waals surface area contributed by atoms with E-state index in [1.807, 2.05) is 43.5 Å². The van der Waals surface area contributed by atoms with Crippen molar-refractivity contribution in [2.45, 2.75) is 32.6 Å². The van der Waals surface area contributed by atoms with Gasteiger partial charge in [-0.15, -0.1) is 11.3 Å². The Hall–Kier alpha value is -2.48. The maximum atomic E-state index is 12.7. The van der Waals surface area contributed by atoms with E-state index in [0.717, 1.165) is 16.0 Å². The van der Waals surface area contributed by atoms with Crippen LogP contribution in [0.25, 0.3) is 10.4 Å². The number of nitrogens with one attached hydrogen (secondary N) is 2. The predicted molar refractivity (Wildman–Crippen MR) is 124 cm³/mol. The zero-order valence-electron chi connectivity index (χ0n) is 17.2. The Balaban J connectivity index is 1.40. The summed E-state index contributed by atoms with van der Waals surface area (Å²) >= 11 is 1.62. The average Bonchev–Trinajstić information content (AvgIpc) is 3.37. The lowest BCUT2D eigenvalue weighted by molar-refractivity contribution is 0.102. The van der Waals surface area contributed by atoms with Crippen molar-refractivity contribution >= 4 is 36.4 Å². The fourth-order valence-corrected chi connectivity index (χ4v) is 5.64. The molecule has 4 N–H and O–H groups in total. The summed E-state index contributed by atoms with van der Waals surface area (Å²) in [6.07, 6.45) is -0.453. The summed E-state index contributed by atoms with van der Waals surface area (Å²) in [6.45, 7) is 3.94. The van der Waals surface area contributed by atoms with Crippen LogP contribution in [0.4, 0.5) is 11.4 Å². The van der Waals surface area contributed by atoms with E-state index in [4.69, 9.17) is 14.8 Å². The molecule has 0 radical (unpaired) electrons. The Bertz CT molecular complexity index is 1100. The largest absolute Gasteiger partial charge is 0.406 e. The third-order valence-corrected chi connectivity index (χ3v) is 7.76. The maximum absolute atomic E-state index is 12.7. The van der Waals surface area contributed by atoms with Crippen LogP contribution in [0.1, 0.15) is 29.8 Å². The molecule has 31 heavy (non-hydrogen) atoms. The second-order valence-electron chi connectivity index (χ2n) is 7.38. The van der Waals surface area contributed by atoms with Crippen molar-refractivity contribution in [1.82, 2.24) is 5.09 Å². The van der Waals surface area contributed by atoms with E-state index in [2.05, 4.69) is 10.4 Å². The van der Waals surface area contributed by atoms with Gasteiger partial charge in [-0.05, 0) is 60.7 Å². The Morgan fingerprint density at radius 3 is 2.45 bits per heavy atom. The zero-order chi connectivity index (χ0) is 22.0. The molecule has 0 spiro atoms.